The average molecular weight is 521 g/mol. The topological polar surface area (TPSA) is 146 Å². The van der Waals surface area contributed by atoms with Crippen LogP contribution in [0.1, 0.15) is 39.2 Å². The Bertz CT molecular complexity index is 796. The van der Waals surface area contributed by atoms with Crippen LogP contribution in [0.4, 0.5) is 10.5 Å². The van der Waals surface area contributed by atoms with Gasteiger partial charge in [0.15, 0.2) is 16.5 Å². The first-order valence-corrected chi connectivity index (χ1v) is 10.8. The highest BCUT2D eigenvalue weighted by atomic mass is 79.9. The van der Waals surface area contributed by atoms with Gasteiger partial charge in [0.05, 0.1) is 31.3 Å². The number of hydrogen-bond donors (Lipinski definition) is 2. The van der Waals surface area contributed by atoms with Gasteiger partial charge in [0.25, 0.3) is 5.69 Å². The molecule has 0 aliphatic carbocycles. The van der Waals surface area contributed by atoms with Crippen molar-refractivity contribution in [2.45, 2.75) is 50.6 Å². The van der Waals surface area contributed by atoms with E-state index in [1.807, 2.05) is 0 Å². The monoisotopic (exact) mass is 520 g/mol. The van der Waals surface area contributed by atoms with Crippen LogP contribution in [-0.4, -0.2) is 59.6 Å². The molecule has 0 spiro atoms. The van der Waals surface area contributed by atoms with E-state index in [4.69, 9.17) is 24.1 Å². The van der Waals surface area contributed by atoms with Crippen molar-refractivity contribution in [2.75, 3.05) is 26.9 Å². The Morgan fingerprint density at radius 3 is 2.53 bits per heavy atom. The third-order valence-corrected chi connectivity index (χ3v) is 4.30. The van der Waals surface area contributed by atoms with E-state index in [2.05, 4.69) is 21.2 Å². The number of halogens is 1. The number of aliphatic hydroxyl groups excluding tert-OH is 1. The van der Waals surface area contributed by atoms with Crippen molar-refractivity contribution in [1.82, 2.24) is 5.32 Å². The van der Waals surface area contributed by atoms with E-state index in [9.17, 15) is 19.7 Å². The lowest BCUT2D eigenvalue weighted by Crippen LogP contribution is -2.36. The van der Waals surface area contributed by atoms with Gasteiger partial charge in [-0.3, -0.25) is 14.9 Å². The summed E-state index contributed by atoms with van der Waals surface area (Å²) in [6, 6.07) is 2.68. The average Bonchev–Trinajstić information content (AvgIpc) is 2.68. The van der Waals surface area contributed by atoms with Crippen LogP contribution in [-0.2, 0) is 20.7 Å². The summed E-state index contributed by atoms with van der Waals surface area (Å²) in [6.07, 6.45) is -0.205. The lowest BCUT2D eigenvalue weighted by atomic mass is 10.1. The summed E-state index contributed by atoms with van der Waals surface area (Å²) in [5, 5.41) is 22.1. The number of carbonyl (C=O) groups excluding carboxylic acids is 2. The number of aliphatic hydroxyl groups is 1. The van der Waals surface area contributed by atoms with Gasteiger partial charge in [0.1, 0.15) is 5.60 Å². The van der Waals surface area contributed by atoms with Crippen molar-refractivity contribution in [3.63, 3.8) is 0 Å². The molecule has 0 saturated heterocycles. The number of alkyl halides is 1. The second kappa shape index (κ2) is 13.1. The fraction of sp³-hybridized carbons (Fsp3) is 0.600. The minimum absolute atomic E-state index is 0.0260. The molecule has 0 radical (unpaired) electrons. The normalized spacial score (nSPS) is 11.9. The lowest BCUT2D eigenvalue weighted by molar-refractivity contribution is -0.385. The van der Waals surface area contributed by atoms with Gasteiger partial charge in [-0.15, -0.1) is 0 Å². The molecule has 0 aliphatic heterocycles. The van der Waals surface area contributed by atoms with E-state index >= 15 is 0 Å². The smallest absolute Gasteiger partial charge is 0.407 e. The Kier molecular flexibility index (Phi) is 11.2. The molecule has 0 bridgehead atoms. The molecule has 1 amide bonds. The Labute approximate surface area is 194 Å². The number of ether oxygens (including phenoxy) is 4. The second-order valence-corrected chi connectivity index (χ2v) is 8.62. The van der Waals surface area contributed by atoms with Crippen LogP contribution in [0.25, 0.3) is 0 Å². The van der Waals surface area contributed by atoms with E-state index in [0.29, 0.717) is 5.56 Å². The first-order valence-electron chi connectivity index (χ1n) is 9.86. The molecule has 12 heteroatoms. The van der Waals surface area contributed by atoms with E-state index in [-0.39, 0.29) is 56.2 Å². The Morgan fingerprint density at radius 1 is 1.28 bits per heavy atom. The number of carbonyl (C=O) groups is 2. The van der Waals surface area contributed by atoms with Crippen LogP contribution >= 0.6 is 15.9 Å². The van der Waals surface area contributed by atoms with Gasteiger partial charge in [0, 0.05) is 25.0 Å². The minimum Gasteiger partial charge on any atom is -0.493 e. The summed E-state index contributed by atoms with van der Waals surface area (Å²) in [7, 11) is 1.40. The summed E-state index contributed by atoms with van der Waals surface area (Å²) >= 11 is 3.15. The van der Waals surface area contributed by atoms with Gasteiger partial charge in [-0.25, -0.2) is 4.79 Å². The number of nitro groups is 1. The van der Waals surface area contributed by atoms with E-state index < -0.39 is 27.6 Å². The van der Waals surface area contributed by atoms with Crippen molar-refractivity contribution in [3.05, 3.63) is 27.8 Å². The molecular formula is C20H29BrN2O9. The van der Waals surface area contributed by atoms with Crippen LogP contribution in [0.15, 0.2) is 12.1 Å². The maximum absolute atomic E-state index is 11.9. The number of alkyl carbamates (subject to hydrolysis) is 1. The van der Waals surface area contributed by atoms with Crippen LogP contribution < -0.4 is 14.8 Å². The Hall–Kier alpha value is -2.60. The number of hydrogen-bond acceptors (Lipinski definition) is 9. The largest absolute Gasteiger partial charge is 0.493 e. The SMILES string of the molecule is COc1cc(CCO)c([N+](=O)[O-])cc1OCCCC(=O)OC(Br)CNC(=O)OC(C)(C)C. The number of nitrogens with one attached hydrogen (secondary N) is 1. The van der Waals surface area contributed by atoms with Gasteiger partial charge in [0.2, 0.25) is 0 Å². The molecule has 1 aromatic carbocycles. The third-order valence-electron chi connectivity index (χ3n) is 3.79. The highest BCUT2D eigenvalue weighted by Crippen LogP contribution is 2.35. The summed E-state index contributed by atoms with van der Waals surface area (Å²) in [5.74, 6) is -0.0674. The maximum atomic E-state index is 11.9. The molecule has 2 N–H and O–H groups in total. The van der Waals surface area contributed by atoms with E-state index in [0.717, 1.165) is 0 Å². The van der Waals surface area contributed by atoms with E-state index in [1.54, 1.807) is 20.8 Å². The quantitative estimate of drug-likeness (QED) is 0.139. The molecule has 1 aromatic rings. The first-order chi connectivity index (χ1) is 15.0. The van der Waals surface area contributed by atoms with Crippen LogP contribution in [0.5, 0.6) is 11.5 Å². The summed E-state index contributed by atoms with van der Waals surface area (Å²) in [4.78, 5) is 34.2. The molecule has 32 heavy (non-hydrogen) atoms. The van der Waals surface area contributed by atoms with Crippen molar-refractivity contribution in [1.29, 1.82) is 0 Å². The molecule has 11 nitrogen and oxygen atoms in total. The van der Waals surface area contributed by atoms with Crippen molar-refractivity contribution >= 4 is 33.7 Å². The van der Waals surface area contributed by atoms with Gasteiger partial charge in [-0.1, -0.05) is 0 Å². The molecule has 0 heterocycles. The molecule has 1 unspecified atom stereocenters. The number of amides is 1. The molecule has 0 saturated carbocycles. The molecule has 0 fully saturated rings. The lowest BCUT2D eigenvalue weighted by Gasteiger charge is -2.20. The maximum Gasteiger partial charge on any atom is 0.407 e. The fourth-order valence-electron chi connectivity index (χ4n) is 2.47. The van der Waals surface area contributed by atoms with Crippen LogP contribution in [0.2, 0.25) is 0 Å². The molecule has 0 aliphatic rings. The van der Waals surface area contributed by atoms with Gasteiger partial charge in [-0.05, 0) is 49.2 Å². The van der Waals surface area contributed by atoms with Crippen LogP contribution in [0, 0.1) is 10.1 Å². The van der Waals surface area contributed by atoms with Crippen LogP contribution in [0.3, 0.4) is 0 Å². The number of esters is 1. The predicted octanol–water partition coefficient (Wildman–Crippen LogP) is 3.09. The predicted molar refractivity (Wildman–Crippen MR) is 118 cm³/mol. The summed E-state index contributed by atoms with van der Waals surface area (Å²) in [5.41, 5.74) is -0.493. The van der Waals surface area contributed by atoms with Crippen molar-refractivity contribution in [2.24, 2.45) is 0 Å². The molecule has 0 aromatic heterocycles. The summed E-state index contributed by atoms with van der Waals surface area (Å²) in [6.45, 7) is 5.07. The zero-order valence-electron chi connectivity index (χ0n) is 18.5. The minimum atomic E-state index is -0.731. The standard InChI is InChI=1S/C20H29BrN2O9/c1-20(2,3)32-19(26)22-12-17(21)31-18(25)6-5-9-30-16-11-14(23(27)28)13(7-8-24)10-15(16)29-4/h10-11,17,24H,5-9,12H2,1-4H3,(H,22,26). The van der Waals surface area contributed by atoms with Gasteiger partial charge >= 0.3 is 12.1 Å². The van der Waals surface area contributed by atoms with Gasteiger partial charge < -0.3 is 29.4 Å². The zero-order chi connectivity index (χ0) is 24.3. The highest BCUT2D eigenvalue weighted by molar-refractivity contribution is 9.09. The number of methoxy groups -OCH3 is 1. The number of rotatable bonds is 12. The molecular weight excluding hydrogens is 492 g/mol. The van der Waals surface area contributed by atoms with E-state index in [1.165, 1.54) is 19.2 Å². The number of nitro benzene ring substituents is 1. The van der Waals surface area contributed by atoms with Crippen molar-refractivity contribution in [3.8, 4) is 11.5 Å². The highest BCUT2D eigenvalue weighted by Gasteiger charge is 2.20. The molecule has 1 atom stereocenters. The molecule has 1 rings (SSSR count). The van der Waals surface area contributed by atoms with Gasteiger partial charge in [-0.2, -0.15) is 0 Å². The van der Waals surface area contributed by atoms with Crippen molar-refractivity contribution < 1.29 is 38.6 Å². The Morgan fingerprint density at radius 2 is 1.97 bits per heavy atom. The molecule has 180 valence electrons. The summed E-state index contributed by atoms with van der Waals surface area (Å²) < 4.78 is 21.0. The zero-order valence-corrected chi connectivity index (χ0v) is 20.1. The fourth-order valence-corrected chi connectivity index (χ4v) is 2.84. The first kappa shape index (κ1) is 27.4. The second-order valence-electron chi connectivity index (χ2n) is 7.60. The third kappa shape index (κ3) is 10.1. The Balaban J connectivity index is 2.49. The number of nitrogens with zero attached hydrogens (tertiary/aromatic N) is 1. The number of benzene rings is 1.